The molecular formula is C16H16O2. The Bertz CT molecular complexity index is 466. The highest BCUT2D eigenvalue weighted by Gasteiger charge is 2.02. The Labute approximate surface area is 107 Å². The first kappa shape index (κ1) is 12.2. The van der Waals surface area contributed by atoms with Gasteiger partial charge in [0, 0.05) is 0 Å². The van der Waals surface area contributed by atoms with Crippen molar-refractivity contribution < 1.29 is 9.47 Å². The van der Waals surface area contributed by atoms with E-state index in [1.165, 1.54) is 0 Å². The summed E-state index contributed by atoms with van der Waals surface area (Å²) >= 11 is 0. The maximum Gasteiger partial charge on any atom is 0.139 e. The van der Waals surface area contributed by atoms with Gasteiger partial charge in [-0.05, 0) is 38.1 Å². The molecule has 2 nitrogen and oxygen atoms in total. The van der Waals surface area contributed by atoms with Crippen LogP contribution in [0.2, 0.25) is 0 Å². The minimum atomic E-state index is 0.755. The zero-order valence-electron chi connectivity index (χ0n) is 10.6. The van der Waals surface area contributed by atoms with E-state index in [9.17, 15) is 0 Å². The van der Waals surface area contributed by atoms with Crippen molar-refractivity contribution in [3.63, 3.8) is 0 Å². The van der Waals surface area contributed by atoms with E-state index in [0.717, 1.165) is 23.0 Å². The summed E-state index contributed by atoms with van der Waals surface area (Å²) in [5.74, 6) is 3.13. The van der Waals surface area contributed by atoms with Crippen LogP contribution in [-0.2, 0) is 0 Å². The Morgan fingerprint density at radius 2 is 0.944 bits per heavy atom. The van der Waals surface area contributed by atoms with E-state index in [1.54, 1.807) is 0 Å². The van der Waals surface area contributed by atoms with Crippen molar-refractivity contribution in [3.8, 4) is 11.5 Å². The van der Waals surface area contributed by atoms with Crippen LogP contribution in [0.5, 0.6) is 11.5 Å². The monoisotopic (exact) mass is 240 g/mol. The van der Waals surface area contributed by atoms with Crippen molar-refractivity contribution >= 4 is 0 Å². The highest BCUT2D eigenvalue weighted by atomic mass is 16.5. The van der Waals surface area contributed by atoms with Gasteiger partial charge in [0.1, 0.15) is 23.0 Å². The molecule has 0 heterocycles. The quantitative estimate of drug-likeness (QED) is 0.737. The number of allylic oxidation sites excluding steroid dienone is 2. The van der Waals surface area contributed by atoms with Gasteiger partial charge >= 0.3 is 0 Å². The lowest BCUT2D eigenvalue weighted by atomic mass is 10.3. The molecule has 92 valence electrons. The molecule has 0 aliphatic heterocycles. The summed E-state index contributed by atoms with van der Waals surface area (Å²) in [6.45, 7) is 3.79. The van der Waals surface area contributed by atoms with E-state index >= 15 is 0 Å². The van der Waals surface area contributed by atoms with Gasteiger partial charge in [0.25, 0.3) is 0 Å². The first-order valence-electron chi connectivity index (χ1n) is 5.89. The molecule has 0 fully saturated rings. The fourth-order valence-electron chi connectivity index (χ4n) is 1.47. The van der Waals surface area contributed by atoms with Crippen molar-refractivity contribution in [3.05, 3.63) is 72.2 Å². The third-order valence-electron chi connectivity index (χ3n) is 2.52. The number of rotatable bonds is 4. The second-order valence-electron chi connectivity index (χ2n) is 3.94. The van der Waals surface area contributed by atoms with Crippen molar-refractivity contribution in [2.45, 2.75) is 13.8 Å². The normalized spacial score (nSPS) is 11.7. The van der Waals surface area contributed by atoms with Crippen LogP contribution in [0.15, 0.2) is 72.2 Å². The molecule has 2 rings (SSSR count). The Morgan fingerprint density at radius 3 is 1.28 bits per heavy atom. The van der Waals surface area contributed by atoms with E-state index in [4.69, 9.17) is 9.47 Å². The Morgan fingerprint density at radius 1 is 0.611 bits per heavy atom. The molecule has 2 aromatic rings. The molecule has 2 heteroatoms. The Kier molecular flexibility index (Phi) is 4.02. The van der Waals surface area contributed by atoms with Crippen molar-refractivity contribution in [2.75, 3.05) is 0 Å². The second kappa shape index (κ2) is 5.92. The number of benzene rings is 2. The predicted molar refractivity (Wildman–Crippen MR) is 72.5 cm³/mol. The molecule has 0 saturated heterocycles. The lowest BCUT2D eigenvalue weighted by molar-refractivity contribution is 0.349. The number of hydrogen-bond acceptors (Lipinski definition) is 2. The summed E-state index contributed by atoms with van der Waals surface area (Å²) < 4.78 is 11.4. The van der Waals surface area contributed by atoms with Crippen LogP contribution in [0.1, 0.15) is 13.8 Å². The van der Waals surface area contributed by atoms with Gasteiger partial charge in [0.05, 0.1) is 0 Å². The third kappa shape index (κ3) is 3.39. The summed E-state index contributed by atoms with van der Waals surface area (Å²) in [7, 11) is 0. The molecule has 0 unspecified atom stereocenters. The van der Waals surface area contributed by atoms with E-state index in [1.807, 2.05) is 74.5 Å². The number of ether oxygens (including phenoxy) is 2. The fourth-order valence-corrected chi connectivity index (χ4v) is 1.47. The van der Waals surface area contributed by atoms with Crippen LogP contribution in [0, 0.1) is 0 Å². The molecule has 0 aromatic heterocycles. The maximum absolute atomic E-state index is 5.70. The average molecular weight is 240 g/mol. The first-order valence-corrected chi connectivity index (χ1v) is 5.89. The van der Waals surface area contributed by atoms with Crippen molar-refractivity contribution in [2.24, 2.45) is 0 Å². The minimum Gasteiger partial charge on any atom is -0.459 e. The van der Waals surface area contributed by atoms with E-state index in [2.05, 4.69) is 0 Å². The summed E-state index contributed by atoms with van der Waals surface area (Å²) in [6, 6.07) is 19.3. The van der Waals surface area contributed by atoms with Crippen LogP contribution in [-0.4, -0.2) is 0 Å². The summed E-state index contributed by atoms with van der Waals surface area (Å²) in [5, 5.41) is 0. The standard InChI is InChI=1S/C16H16O2/c1-13(17-15-9-5-3-6-10-15)14(2)18-16-11-7-4-8-12-16/h3-12H,1-2H3. The number of para-hydroxylation sites is 2. The first-order chi connectivity index (χ1) is 8.75. The lowest BCUT2D eigenvalue weighted by Gasteiger charge is -2.11. The smallest absolute Gasteiger partial charge is 0.139 e. The summed E-state index contributed by atoms with van der Waals surface area (Å²) in [4.78, 5) is 0. The van der Waals surface area contributed by atoms with E-state index in [0.29, 0.717) is 0 Å². The van der Waals surface area contributed by atoms with E-state index < -0.39 is 0 Å². The average Bonchev–Trinajstić information content (AvgIpc) is 2.41. The van der Waals surface area contributed by atoms with Crippen LogP contribution < -0.4 is 9.47 Å². The van der Waals surface area contributed by atoms with Crippen LogP contribution in [0.3, 0.4) is 0 Å². The molecule has 0 spiro atoms. The van der Waals surface area contributed by atoms with Gasteiger partial charge in [0.15, 0.2) is 0 Å². The SMILES string of the molecule is CC(Oc1ccccc1)=C(C)Oc1ccccc1. The van der Waals surface area contributed by atoms with Gasteiger partial charge in [-0.2, -0.15) is 0 Å². The predicted octanol–water partition coefficient (Wildman–Crippen LogP) is 4.40. The van der Waals surface area contributed by atoms with Gasteiger partial charge in [-0.15, -0.1) is 0 Å². The van der Waals surface area contributed by atoms with Gasteiger partial charge in [-0.1, -0.05) is 36.4 Å². The van der Waals surface area contributed by atoms with Crippen LogP contribution in [0.4, 0.5) is 0 Å². The van der Waals surface area contributed by atoms with Crippen LogP contribution >= 0.6 is 0 Å². The molecule has 2 aromatic carbocycles. The zero-order chi connectivity index (χ0) is 12.8. The van der Waals surface area contributed by atoms with Gasteiger partial charge < -0.3 is 9.47 Å². The molecule has 0 aliphatic rings. The Balaban J connectivity index is 2.06. The Hall–Kier alpha value is -2.22. The molecule has 0 amide bonds. The maximum atomic E-state index is 5.70. The molecule has 0 aliphatic carbocycles. The summed E-state index contributed by atoms with van der Waals surface area (Å²) in [5.41, 5.74) is 0. The molecule has 0 saturated carbocycles. The van der Waals surface area contributed by atoms with Gasteiger partial charge in [-0.3, -0.25) is 0 Å². The van der Waals surface area contributed by atoms with Crippen LogP contribution in [0.25, 0.3) is 0 Å². The molecule has 0 bridgehead atoms. The summed E-state index contributed by atoms with van der Waals surface area (Å²) in [6.07, 6.45) is 0. The molecule has 0 atom stereocenters. The van der Waals surface area contributed by atoms with E-state index in [-0.39, 0.29) is 0 Å². The third-order valence-corrected chi connectivity index (χ3v) is 2.52. The lowest BCUT2D eigenvalue weighted by Crippen LogP contribution is -2.00. The van der Waals surface area contributed by atoms with Gasteiger partial charge in [0.2, 0.25) is 0 Å². The minimum absolute atomic E-state index is 0.755. The molecular weight excluding hydrogens is 224 g/mol. The molecule has 0 radical (unpaired) electrons. The number of hydrogen-bond donors (Lipinski definition) is 0. The highest BCUT2D eigenvalue weighted by molar-refractivity contribution is 5.26. The highest BCUT2D eigenvalue weighted by Crippen LogP contribution is 2.18. The molecule has 0 N–H and O–H groups in total. The fraction of sp³-hybridized carbons (Fsp3) is 0.125. The molecule has 18 heavy (non-hydrogen) atoms. The zero-order valence-corrected chi connectivity index (χ0v) is 10.6. The second-order valence-corrected chi connectivity index (χ2v) is 3.94. The topological polar surface area (TPSA) is 18.5 Å². The largest absolute Gasteiger partial charge is 0.459 e. The van der Waals surface area contributed by atoms with Crippen molar-refractivity contribution in [1.29, 1.82) is 0 Å². The van der Waals surface area contributed by atoms with Crippen molar-refractivity contribution in [1.82, 2.24) is 0 Å². The van der Waals surface area contributed by atoms with Gasteiger partial charge in [-0.25, -0.2) is 0 Å².